The zero-order chi connectivity index (χ0) is 38.1. The molecule has 2 atom stereocenters. The van der Waals surface area contributed by atoms with Crippen LogP contribution in [-0.2, 0) is 40.9 Å². The van der Waals surface area contributed by atoms with Crippen molar-refractivity contribution in [2.45, 2.75) is 72.0 Å². The number of nitrogens with zero attached hydrogens (tertiary/aromatic N) is 4. The number of rotatable bonds is 29. The Balaban J connectivity index is 0.000000514. The van der Waals surface area contributed by atoms with Crippen molar-refractivity contribution in [1.82, 2.24) is 9.34 Å². The van der Waals surface area contributed by atoms with Crippen LogP contribution < -0.4 is 0 Å². The predicted molar refractivity (Wildman–Crippen MR) is 194 cm³/mol. The predicted octanol–water partition coefficient (Wildman–Crippen LogP) is 8.22. The molecule has 0 amide bonds. The zero-order valence-corrected chi connectivity index (χ0v) is 32.8. The van der Waals surface area contributed by atoms with Crippen LogP contribution in [0.1, 0.15) is 70.3 Å². The quantitative estimate of drug-likeness (QED) is 0.0270. The van der Waals surface area contributed by atoms with E-state index in [-0.39, 0.29) is 49.9 Å². The first-order chi connectivity index (χ1) is 24.4. The summed E-state index contributed by atoms with van der Waals surface area (Å²) in [6.45, 7) is 5.90. The van der Waals surface area contributed by atoms with Gasteiger partial charge in [-0.15, -0.1) is 23.2 Å². The fourth-order valence-electron chi connectivity index (χ4n) is 4.14. The van der Waals surface area contributed by atoms with E-state index in [0.717, 1.165) is 38.5 Å². The monoisotopic (exact) mass is 808 g/mol. The summed E-state index contributed by atoms with van der Waals surface area (Å²) < 4.78 is 62.1. The van der Waals surface area contributed by atoms with E-state index in [9.17, 15) is 29.4 Å². The van der Waals surface area contributed by atoms with Crippen LogP contribution in [0.4, 0.5) is 11.8 Å². The molecule has 0 aromatic carbocycles. The molecule has 21 heteroatoms. The first-order valence-corrected chi connectivity index (χ1v) is 21.3. The van der Waals surface area contributed by atoms with Crippen LogP contribution in [0.2, 0.25) is 0 Å². The van der Waals surface area contributed by atoms with E-state index in [4.69, 9.17) is 55.7 Å². The SMILES string of the molecule is CCCOCP(=O)(OCc1ccc([N+](=O)[O-])o1)N(C)CCCCCl.CCCOCP(=O)(OCc1ccc([N+](=O)[O-])o1)N(CCCO)CCCCCl. The average molecular weight is 810 g/mol. The van der Waals surface area contributed by atoms with Gasteiger partial charge < -0.3 is 32.5 Å². The van der Waals surface area contributed by atoms with Gasteiger partial charge in [-0.05, 0) is 64.1 Å². The number of hydrogen-bond donors (Lipinski definition) is 1. The Morgan fingerprint density at radius 1 is 0.745 bits per heavy atom. The highest BCUT2D eigenvalue weighted by atomic mass is 35.5. The van der Waals surface area contributed by atoms with Crippen molar-refractivity contribution in [3.63, 3.8) is 0 Å². The lowest BCUT2D eigenvalue weighted by atomic mass is 10.3. The molecule has 0 aliphatic carbocycles. The van der Waals surface area contributed by atoms with Crippen LogP contribution in [0.5, 0.6) is 0 Å². The largest absolute Gasteiger partial charge is 0.433 e. The van der Waals surface area contributed by atoms with Gasteiger partial charge in [-0.3, -0.25) is 29.4 Å². The van der Waals surface area contributed by atoms with Gasteiger partial charge in [0.05, 0.1) is 12.1 Å². The number of alkyl halides is 2. The first kappa shape index (κ1) is 47.1. The molecule has 0 aliphatic heterocycles. The molecule has 0 radical (unpaired) electrons. The van der Waals surface area contributed by atoms with Crippen molar-refractivity contribution in [2.75, 3.05) is 71.0 Å². The van der Waals surface area contributed by atoms with Gasteiger partial charge in [0.2, 0.25) is 0 Å². The molecule has 0 fully saturated rings. The second-order valence-corrected chi connectivity index (χ2v) is 16.7. The maximum Gasteiger partial charge on any atom is 0.433 e. The van der Waals surface area contributed by atoms with E-state index in [1.165, 1.54) is 24.3 Å². The summed E-state index contributed by atoms with van der Waals surface area (Å²) in [5, 5.41) is 30.5. The van der Waals surface area contributed by atoms with Crippen LogP contribution in [0, 0.1) is 20.2 Å². The summed E-state index contributed by atoms with van der Waals surface area (Å²) in [4.78, 5) is 20.1. The van der Waals surface area contributed by atoms with Crippen molar-refractivity contribution >= 4 is 50.0 Å². The normalized spacial score (nSPS) is 13.9. The Kier molecular flexibility index (Phi) is 24.8. The maximum absolute atomic E-state index is 13.5. The van der Waals surface area contributed by atoms with E-state index in [1.54, 1.807) is 16.4 Å². The van der Waals surface area contributed by atoms with E-state index in [1.807, 2.05) is 13.8 Å². The van der Waals surface area contributed by atoms with Crippen molar-refractivity contribution in [3.8, 4) is 0 Å². The van der Waals surface area contributed by atoms with Crippen molar-refractivity contribution < 1.29 is 51.4 Å². The summed E-state index contributed by atoms with van der Waals surface area (Å²) in [6, 6.07) is 5.31. The van der Waals surface area contributed by atoms with E-state index >= 15 is 0 Å². The highest BCUT2D eigenvalue weighted by molar-refractivity contribution is 7.56. The number of ether oxygens (including phenoxy) is 2. The molecular weight excluding hydrogens is 757 g/mol. The maximum atomic E-state index is 13.5. The van der Waals surface area contributed by atoms with Crippen LogP contribution >= 0.6 is 38.2 Å². The van der Waals surface area contributed by atoms with Crippen LogP contribution in [0.25, 0.3) is 0 Å². The van der Waals surface area contributed by atoms with E-state index < -0.39 is 30.8 Å². The van der Waals surface area contributed by atoms with Gasteiger partial charge in [0.15, 0.2) is 0 Å². The highest BCUT2D eigenvalue weighted by Gasteiger charge is 2.33. The van der Waals surface area contributed by atoms with E-state index in [0.29, 0.717) is 51.0 Å². The number of hydrogen-bond acceptors (Lipinski definition) is 13. The minimum atomic E-state index is -3.38. The summed E-state index contributed by atoms with van der Waals surface area (Å²) in [5.74, 6) is 0.723. The summed E-state index contributed by atoms with van der Waals surface area (Å²) in [5.41, 5.74) is 0. The third kappa shape index (κ3) is 18.6. The number of halogens is 2. The minimum absolute atomic E-state index is 0.0355. The Labute approximate surface area is 309 Å². The Bertz CT molecular complexity index is 1350. The number of unbranched alkanes of at least 4 members (excludes halogenated alkanes) is 2. The third-order valence-corrected chi connectivity index (χ3v) is 12.0. The standard InChI is InChI=1S/C16H28ClN2O7P.C14H24ClN2O6P/c1-2-12-24-14-27(23,18(10-5-11-20)9-4-3-8-17)25-13-15-6-7-16(26-15)19(21)22;1-3-10-21-12-24(20,16(2)9-5-4-8-15)22-11-13-6-7-14(23-13)17(18)19/h6-7,20H,2-5,8-14H2,1H3;6-7H,3-5,8-12H2,1-2H3. The van der Waals surface area contributed by atoms with Gasteiger partial charge >= 0.3 is 11.8 Å². The number of aliphatic hydroxyl groups is 1. The molecule has 0 spiro atoms. The topological polar surface area (TPSA) is 210 Å². The van der Waals surface area contributed by atoms with E-state index in [2.05, 4.69) is 0 Å². The van der Waals surface area contributed by atoms with Crippen LogP contribution in [0.15, 0.2) is 33.1 Å². The summed E-state index contributed by atoms with van der Waals surface area (Å²) >= 11 is 11.4. The summed E-state index contributed by atoms with van der Waals surface area (Å²) in [7, 11) is -4.90. The summed E-state index contributed by atoms with van der Waals surface area (Å²) in [6.07, 6.45) is 4.96. The number of nitro groups is 2. The van der Waals surface area contributed by atoms with Crippen molar-refractivity contribution in [2.24, 2.45) is 0 Å². The Hall–Kier alpha value is -1.88. The highest BCUT2D eigenvalue weighted by Crippen LogP contribution is 2.52. The average Bonchev–Trinajstić information content (AvgIpc) is 3.79. The second-order valence-electron chi connectivity index (χ2n) is 11.1. The van der Waals surface area contributed by atoms with Crippen LogP contribution in [0.3, 0.4) is 0 Å². The molecule has 0 saturated heterocycles. The molecule has 0 bridgehead atoms. The van der Waals surface area contributed by atoms with Crippen molar-refractivity contribution in [1.29, 1.82) is 0 Å². The molecule has 0 aliphatic rings. The minimum Gasteiger partial charge on any atom is -0.403 e. The molecule has 2 aromatic rings. The van der Waals surface area contributed by atoms with Gasteiger partial charge in [-0.25, -0.2) is 9.34 Å². The fraction of sp³-hybridized carbons (Fsp3) is 0.733. The molecule has 51 heavy (non-hydrogen) atoms. The molecule has 2 aromatic heterocycles. The third-order valence-electron chi connectivity index (χ3n) is 6.87. The zero-order valence-electron chi connectivity index (χ0n) is 29.5. The molecule has 2 rings (SSSR count). The number of furan rings is 2. The molecular formula is C30H52Cl2N4O13P2. The van der Waals surface area contributed by atoms with Gasteiger partial charge in [0.1, 0.15) is 47.3 Å². The molecule has 2 unspecified atom stereocenters. The lowest BCUT2D eigenvalue weighted by Crippen LogP contribution is -2.27. The molecule has 294 valence electrons. The van der Waals surface area contributed by atoms with Crippen LogP contribution in [-0.4, -0.2) is 95.3 Å². The molecule has 1 N–H and O–H groups in total. The second kappa shape index (κ2) is 26.8. The first-order valence-electron chi connectivity index (χ1n) is 16.7. The fourth-order valence-corrected chi connectivity index (χ4v) is 8.11. The van der Waals surface area contributed by atoms with Gasteiger partial charge in [-0.2, -0.15) is 0 Å². The van der Waals surface area contributed by atoms with Crippen molar-refractivity contribution in [3.05, 3.63) is 56.0 Å². The molecule has 2 heterocycles. The van der Waals surface area contributed by atoms with Gasteiger partial charge in [-0.1, -0.05) is 13.8 Å². The Morgan fingerprint density at radius 3 is 1.63 bits per heavy atom. The number of aliphatic hydroxyl groups excluding tert-OH is 1. The lowest BCUT2D eigenvalue weighted by Gasteiger charge is -2.30. The lowest BCUT2D eigenvalue weighted by molar-refractivity contribution is -0.402. The smallest absolute Gasteiger partial charge is 0.403 e. The Morgan fingerprint density at radius 2 is 1.20 bits per heavy atom. The van der Waals surface area contributed by atoms with Gasteiger partial charge in [0.25, 0.3) is 15.0 Å². The molecule has 17 nitrogen and oxygen atoms in total. The van der Waals surface area contributed by atoms with Gasteiger partial charge in [0, 0.05) is 51.2 Å². The molecule has 0 saturated carbocycles.